The fourth-order valence-electron chi connectivity index (χ4n) is 2.82. The van der Waals surface area contributed by atoms with Crippen molar-refractivity contribution in [3.8, 4) is 28.5 Å². The first-order valence-electron chi connectivity index (χ1n) is 8.55. The number of benzene rings is 2. The highest BCUT2D eigenvalue weighted by atomic mass is 35.5. The number of nitrogens with one attached hydrogen (secondary N) is 1. The van der Waals surface area contributed by atoms with E-state index in [1.54, 1.807) is 0 Å². The SMILES string of the molecule is COc1c(Oc2cc(C(F)(F)F)c(Cl)cc2-c2[nH]c(C)c(Cl)c(=O)c2Cl)ccc(F)c1F. The third-order valence-electron chi connectivity index (χ3n) is 4.34. The fourth-order valence-corrected chi connectivity index (χ4v) is 3.52. The molecule has 3 rings (SSSR count). The number of methoxy groups -OCH3 is 1. The van der Waals surface area contributed by atoms with Crippen LogP contribution in [-0.4, -0.2) is 12.1 Å². The maximum Gasteiger partial charge on any atom is 0.417 e. The Bertz CT molecular complexity index is 1280. The van der Waals surface area contributed by atoms with Gasteiger partial charge in [0.1, 0.15) is 15.8 Å². The van der Waals surface area contributed by atoms with E-state index in [4.69, 9.17) is 44.3 Å². The molecule has 0 atom stereocenters. The lowest BCUT2D eigenvalue weighted by Gasteiger charge is -2.18. The standard InChI is InChI=1S/C20H11Cl3F5NO3/c1-7-14(22)18(30)15(23)17(29-7)8-5-10(21)9(20(26,27)28)6-13(8)32-12-4-3-11(24)16(25)19(12)31-2/h3-6H,1-2H3,(H,29,30). The van der Waals surface area contributed by atoms with E-state index in [1.165, 1.54) is 6.92 Å². The molecular formula is C20H11Cl3F5NO3. The molecule has 0 aliphatic carbocycles. The molecule has 0 radical (unpaired) electrons. The smallest absolute Gasteiger partial charge is 0.417 e. The van der Waals surface area contributed by atoms with E-state index in [2.05, 4.69) is 4.98 Å². The number of halogens is 8. The van der Waals surface area contributed by atoms with Gasteiger partial charge in [0.25, 0.3) is 0 Å². The van der Waals surface area contributed by atoms with Crippen LogP contribution in [0.15, 0.2) is 29.1 Å². The van der Waals surface area contributed by atoms with E-state index in [9.17, 15) is 26.7 Å². The normalized spacial score (nSPS) is 11.6. The Morgan fingerprint density at radius 3 is 2.25 bits per heavy atom. The van der Waals surface area contributed by atoms with Gasteiger partial charge in [0, 0.05) is 11.3 Å². The van der Waals surface area contributed by atoms with Crippen molar-refractivity contribution in [2.24, 2.45) is 0 Å². The van der Waals surface area contributed by atoms with Crippen LogP contribution in [0, 0.1) is 18.6 Å². The molecule has 1 aromatic heterocycles. The van der Waals surface area contributed by atoms with Crippen molar-refractivity contribution in [2.45, 2.75) is 13.1 Å². The van der Waals surface area contributed by atoms with E-state index in [0.29, 0.717) is 12.1 Å². The zero-order valence-electron chi connectivity index (χ0n) is 16.1. The molecule has 0 bridgehead atoms. The van der Waals surface area contributed by atoms with E-state index in [0.717, 1.165) is 19.2 Å². The summed E-state index contributed by atoms with van der Waals surface area (Å²) in [7, 11) is 1.02. The third kappa shape index (κ3) is 4.37. The van der Waals surface area contributed by atoms with Gasteiger partial charge in [-0.1, -0.05) is 34.8 Å². The number of aromatic nitrogens is 1. The van der Waals surface area contributed by atoms with Gasteiger partial charge in [0.15, 0.2) is 11.6 Å². The van der Waals surface area contributed by atoms with Crippen LogP contribution in [0.5, 0.6) is 17.2 Å². The average molecular weight is 515 g/mol. The van der Waals surface area contributed by atoms with Crippen LogP contribution in [0.1, 0.15) is 11.3 Å². The van der Waals surface area contributed by atoms with Gasteiger partial charge in [-0.3, -0.25) is 4.79 Å². The number of H-pyrrole nitrogens is 1. The first-order valence-corrected chi connectivity index (χ1v) is 9.69. The lowest BCUT2D eigenvalue weighted by atomic mass is 10.1. The Hall–Kier alpha value is -2.49. The second-order valence-corrected chi connectivity index (χ2v) is 7.57. The van der Waals surface area contributed by atoms with Gasteiger partial charge in [-0.05, 0) is 31.2 Å². The summed E-state index contributed by atoms with van der Waals surface area (Å²) in [5.41, 5.74) is -2.21. The Morgan fingerprint density at radius 1 is 1.00 bits per heavy atom. The number of hydrogen-bond donors (Lipinski definition) is 1. The molecule has 0 spiro atoms. The Balaban J connectivity index is 2.33. The number of aryl methyl sites for hydroxylation is 1. The zero-order chi connectivity index (χ0) is 24.0. The molecular weight excluding hydrogens is 504 g/mol. The van der Waals surface area contributed by atoms with E-state index >= 15 is 0 Å². The summed E-state index contributed by atoms with van der Waals surface area (Å²) >= 11 is 17.8. The molecule has 0 saturated carbocycles. The molecule has 0 amide bonds. The lowest BCUT2D eigenvalue weighted by molar-refractivity contribution is -0.137. The summed E-state index contributed by atoms with van der Waals surface area (Å²) in [6, 6.07) is 3.07. The molecule has 1 heterocycles. The molecule has 1 N–H and O–H groups in total. The van der Waals surface area contributed by atoms with Gasteiger partial charge in [0.2, 0.25) is 17.0 Å². The van der Waals surface area contributed by atoms with Crippen molar-refractivity contribution in [1.82, 2.24) is 4.98 Å². The lowest BCUT2D eigenvalue weighted by Crippen LogP contribution is -2.10. The maximum atomic E-state index is 14.1. The minimum absolute atomic E-state index is 0.147. The number of rotatable bonds is 4. The van der Waals surface area contributed by atoms with Crippen LogP contribution in [0.2, 0.25) is 15.1 Å². The number of ether oxygens (including phenoxy) is 2. The van der Waals surface area contributed by atoms with Crippen LogP contribution in [-0.2, 0) is 6.18 Å². The fraction of sp³-hybridized carbons (Fsp3) is 0.150. The molecule has 32 heavy (non-hydrogen) atoms. The Morgan fingerprint density at radius 2 is 1.66 bits per heavy atom. The summed E-state index contributed by atoms with van der Waals surface area (Å²) in [6.07, 6.45) is -4.88. The highest BCUT2D eigenvalue weighted by Crippen LogP contribution is 2.45. The summed E-state index contributed by atoms with van der Waals surface area (Å²) in [4.78, 5) is 15.0. The highest BCUT2D eigenvalue weighted by molar-refractivity contribution is 6.36. The molecule has 0 fully saturated rings. The van der Waals surface area contributed by atoms with Gasteiger partial charge < -0.3 is 14.5 Å². The minimum Gasteiger partial charge on any atom is -0.490 e. The van der Waals surface area contributed by atoms with Crippen LogP contribution in [0.25, 0.3) is 11.3 Å². The van der Waals surface area contributed by atoms with E-state index < -0.39 is 56.1 Å². The van der Waals surface area contributed by atoms with Gasteiger partial charge in [-0.15, -0.1) is 0 Å². The van der Waals surface area contributed by atoms with Crippen molar-refractivity contribution in [2.75, 3.05) is 7.11 Å². The summed E-state index contributed by atoms with van der Waals surface area (Å²) in [5, 5.41) is -1.39. The predicted octanol–water partition coefficient (Wildman–Crippen LogP) is 7.41. The molecule has 3 aromatic rings. The third-order valence-corrected chi connectivity index (χ3v) is 5.47. The van der Waals surface area contributed by atoms with Crippen molar-refractivity contribution in [3.63, 3.8) is 0 Å². The maximum absolute atomic E-state index is 14.1. The summed E-state index contributed by atoms with van der Waals surface area (Å²) < 4.78 is 78.2. The topological polar surface area (TPSA) is 51.3 Å². The molecule has 4 nitrogen and oxygen atoms in total. The molecule has 0 aliphatic rings. The van der Waals surface area contributed by atoms with Crippen LogP contribution in [0.3, 0.4) is 0 Å². The molecule has 0 aliphatic heterocycles. The van der Waals surface area contributed by atoms with Gasteiger partial charge in [-0.2, -0.15) is 17.6 Å². The van der Waals surface area contributed by atoms with Crippen molar-refractivity contribution >= 4 is 34.8 Å². The minimum atomic E-state index is -4.88. The molecule has 0 saturated heterocycles. The molecule has 0 unspecified atom stereocenters. The average Bonchev–Trinajstić information content (AvgIpc) is 2.72. The molecule has 2 aromatic carbocycles. The van der Waals surface area contributed by atoms with Gasteiger partial charge in [0.05, 0.1) is 23.4 Å². The van der Waals surface area contributed by atoms with Crippen LogP contribution in [0.4, 0.5) is 22.0 Å². The van der Waals surface area contributed by atoms with Crippen LogP contribution < -0.4 is 14.9 Å². The largest absolute Gasteiger partial charge is 0.490 e. The highest BCUT2D eigenvalue weighted by Gasteiger charge is 2.35. The monoisotopic (exact) mass is 513 g/mol. The summed E-state index contributed by atoms with van der Waals surface area (Å²) in [6.45, 7) is 1.44. The number of hydrogen-bond acceptors (Lipinski definition) is 3. The number of pyridine rings is 1. The van der Waals surface area contributed by atoms with Gasteiger partial charge >= 0.3 is 6.18 Å². The van der Waals surface area contributed by atoms with E-state index in [1.807, 2.05) is 0 Å². The van der Waals surface area contributed by atoms with Crippen molar-refractivity contribution < 1.29 is 31.4 Å². The quantitative estimate of drug-likeness (QED) is 0.369. The first kappa shape index (κ1) is 24.2. The second kappa shape index (κ2) is 8.80. The first-order chi connectivity index (χ1) is 14.9. The number of alkyl halides is 3. The summed E-state index contributed by atoms with van der Waals surface area (Å²) in [5.74, 6) is -4.32. The number of aromatic amines is 1. The van der Waals surface area contributed by atoms with Crippen molar-refractivity contribution in [1.29, 1.82) is 0 Å². The Labute approximate surface area is 192 Å². The zero-order valence-corrected chi connectivity index (χ0v) is 18.3. The van der Waals surface area contributed by atoms with Gasteiger partial charge in [-0.25, -0.2) is 4.39 Å². The Kier molecular flexibility index (Phi) is 6.65. The second-order valence-electron chi connectivity index (χ2n) is 6.40. The molecule has 12 heteroatoms. The molecule has 170 valence electrons. The van der Waals surface area contributed by atoms with Crippen molar-refractivity contribution in [3.05, 3.63) is 72.4 Å². The van der Waals surface area contributed by atoms with Crippen LogP contribution >= 0.6 is 34.8 Å². The van der Waals surface area contributed by atoms with E-state index in [-0.39, 0.29) is 22.0 Å². The predicted molar refractivity (Wildman–Crippen MR) is 110 cm³/mol.